The summed E-state index contributed by atoms with van der Waals surface area (Å²) in [6.07, 6.45) is 1.67. The predicted molar refractivity (Wildman–Crippen MR) is 61.4 cm³/mol. The molecule has 0 radical (unpaired) electrons. The first-order chi connectivity index (χ1) is 7.70. The van der Waals surface area contributed by atoms with E-state index in [1.54, 1.807) is 6.07 Å². The SMILES string of the molecule is CCCc1nnc(-c2cc(F)ccc2Br)o1. The minimum absolute atomic E-state index is 0.326. The molecule has 0 spiro atoms. The molecule has 0 aliphatic rings. The van der Waals surface area contributed by atoms with E-state index in [1.165, 1.54) is 12.1 Å². The smallest absolute Gasteiger partial charge is 0.248 e. The first kappa shape index (κ1) is 11.3. The minimum Gasteiger partial charge on any atom is -0.421 e. The van der Waals surface area contributed by atoms with Gasteiger partial charge in [-0.15, -0.1) is 10.2 Å². The number of aryl methyl sites for hydroxylation is 1. The second kappa shape index (κ2) is 4.74. The van der Waals surface area contributed by atoms with Gasteiger partial charge in [0.2, 0.25) is 11.8 Å². The Balaban J connectivity index is 2.38. The molecule has 0 N–H and O–H groups in total. The molecule has 0 saturated carbocycles. The van der Waals surface area contributed by atoms with Crippen molar-refractivity contribution in [3.63, 3.8) is 0 Å². The molecular formula is C11H10BrFN2O. The van der Waals surface area contributed by atoms with E-state index in [9.17, 15) is 4.39 Å². The normalized spacial score (nSPS) is 10.7. The molecule has 2 aromatic rings. The van der Waals surface area contributed by atoms with Crippen molar-refractivity contribution in [1.82, 2.24) is 10.2 Å². The van der Waals surface area contributed by atoms with Crippen molar-refractivity contribution in [2.75, 3.05) is 0 Å². The highest BCUT2D eigenvalue weighted by molar-refractivity contribution is 9.10. The van der Waals surface area contributed by atoms with Gasteiger partial charge >= 0.3 is 0 Å². The monoisotopic (exact) mass is 284 g/mol. The van der Waals surface area contributed by atoms with Gasteiger partial charge in [-0.25, -0.2) is 4.39 Å². The molecule has 1 heterocycles. The highest BCUT2D eigenvalue weighted by Gasteiger charge is 2.12. The molecule has 3 nitrogen and oxygen atoms in total. The van der Waals surface area contributed by atoms with Crippen molar-refractivity contribution in [1.29, 1.82) is 0 Å². The molecule has 0 atom stereocenters. The lowest BCUT2D eigenvalue weighted by atomic mass is 10.2. The zero-order valence-electron chi connectivity index (χ0n) is 8.70. The molecule has 0 saturated heterocycles. The Bertz CT molecular complexity index is 498. The van der Waals surface area contributed by atoms with Gasteiger partial charge in [0.15, 0.2) is 0 Å². The van der Waals surface area contributed by atoms with Crippen LogP contribution in [0.2, 0.25) is 0 Å². The molecule has 2 rings (SSSR count). The summed E-state index contributed by atoms with van der Waals surface area (Å²) in [5.41, 5.74) is 0.579. The minimum atomic E-state index is -0.326. The molecule has 1 aromatic carbocycles. The van der Waals surface area contributed by atoms with Crippen LogP contribution in [0.3, 0.4) is 0 Å². The van der Waals surface area contributed by atoms with Gasteiger partial charge in [0.05, 0.1) is 5.56 Å². The fourth-order valence-corrected chi connectivity index (χ4v) is 1.75. The zero-order chi connectivity index (χ0) is 11.5. The van der Waals surface area contributed by atoms with Crippen LogP contribution in [0, 0.1) is 5.82 Å². The summed E-state index contributed by atoms with van der Waals surface area (Å²) in [7, 11) is 0. The van der Waals surface area contributed by atoms with Crippen molar-refractivity contribution in [3.8, 4) is 11.5 Å². The van der Waals surface area contributed by atoms with Gasteiger partial charge in [-0.1, -0.05) is 6.92 Å². The lowest BCUT2D eigenvalue weighted by molar-refractivity contribution is 0.501. The van der Waals surface area contributed by atoms with E-state index >= 15 is 0 Å². The molecule has 84 valence electrons. The molecule has 0 aliphatic heterocycles. The molecule has 0 bridgehead atoms. The Hall–Kier alpha value is -1.23. The number of rotatable bonds is 3. The van der Waals surface area contributed by atoms with E-state index < -0.39 is 0 Å². The predicted octanol–water partition coefficient (Wildman–Crippen LogP) is 3.59. The molecular weight excluding hydrogens is 275 g/mol. The maximum atomic E-state index is 13.1. The molecule has 1 aromatic heterocycles. The van der Waals surface area contributed by atoms with Gasteiger partial charge in [-0.05, 0) is 40.5 Å². The van der Waals surface area contributed by atoms with Crippen molar-refractivity contribution < 1.29 is 8.81 Å². The number of benzene rings is 1. The van der Waals surface area contributed by atoms with Crippen LogP contribution in [0.1, 0.15) is 19.2 Å². The number of aromatic nitrogens is 2. The molecule has 0 unspecified atom stereocenters. The van der Waals surface area contributed by atoms with E-state index in [0.29, 0.717) is 17.3 Å². The Kier molecular flexibility index (Phi) is 3.33. The van der Waals surface area contributed by atoms with Gasteiger partial charge in [-0.2, -0.15) is 0 Å². The quantitative estimate of drug-likeness (QED) is 0.865. The van der Waals surface area contributed by atoms with Crippen LogP contribution >= 0.6 is 15.9 Å². The summed E-state index contributed by atoms with van der Waals surface area (Å²) in [6.45, 7) is 2.03. The van der Waals surface area contributed by atoms with Crippen LogP contribution in [-0.2, 0) is 6.42 Å². The molecule has 0 aliphatic carbocycles. The third-order valence-electron chi connectivity index (χ3n) is 2.09. The van der Waals surface area contributed by atoms with Crippen LogP contribution in [0.4, 0.5) is 4.39 Å². The fourth-order valence-electron chi connectivity index (χ4n) is 1.34. The third kappa shape index (κ3) is 2.29. The summed E-state index contributed by atoms with van der Waals surface area (Å²) in [4.78, 5) is 0. The summed E-state index contributed by atoms with van der Waals surface area (Å²) >= 11 is 3.32. The second-order valence-corrected chi connectivity index (χ2v) is 4.23. The number of hydrogen-bond donors (Lipinski definition) is 0. The Morgan fingerprint density at radius 1 is 1.38 bits per heavy atom. The summed E-state index contributed by atoms with van der Waals surface area (Å²) < 4.78 is 19.2. The van der Waals surface area contributed by atoms with Crippen LogP contribution in [0.5, 0.6) is 0 Å². The van der Waals surface area contributed by atoms with Crippen molar-refractivity contribution >= 4 is 15.9 Å². The Labute approximate surface area is 101 Å². The average Bonchev–Trinajstić information content (AvgIpc) is 2.71. The maximum Gasteiger partial charge on any atom is 0.248 e. The topological polar surface area (TPSA) is 38.9 Å². The first-order valence-corrected chi connectivity index (χ1v) is 5.78. The third-order valence-corrected chi connectivity index (χ3v) is 2.78. The van der Waals surface area contributed by atoms with Crippen LogP contribution in [0.25, 0.3) is 11.5 Å². The van der Waals surface area contributed by atoms with Gasteiger partial charge < -0.3 is 4.42 Å². The first-order valence-electron chi connectivity index (χ1n) is 4.98. The van der Waals surface area contributed by atoms with Crippen LogP contribution in [-0.4, -0.2) is 10.2 Å². The number of hydrogen-bond acceptors (Lipinski definition) is 3. The highest BCUT2D eigenvalue weighted by Crippen LogP contribution is 2.27. The molecule has 0 amide bonds. The lowest BCUT2D eigenvalue weighted by Gasteiger charge is -1.98. The summed E-state index contributed by atoms with van der Waals surface area (Å²) in [5.74, 6) is 0.594. The van der Waals surface area contributed by atoms with E-state index in [-0.39, 0.29) is 5.82 Å². The number of halogens is 2. The molecule has 5 heteroatoms. The van der Waals surface area contributed by atoms with Crippen LogP contribution in [0.15, 0.2) is 27.1 Å². The van der Waals surface area contributed by atoms with Gasteiger partial charge in [-0.3, -0.25) is 0 Å². The summed E-state index contributed by atoms with van der Waals surface area (Å²) in [5, 5.41) is 7.79. The standard InChI is InChI=1S/C11H10BrFN2O/c1-2-3-10-14-15-11(16-10)8-6-7(13)4-5-9(8)12/h4-6H,2-3H2,1H3. The summed E-state index contributed by atoms with van der Waals surface area (Å²) in [6, 6.07) is 4.36. The molecule has 16 heavy (non-hydrogen) atoms. The second-order valence-electron chi connectivity index (χ2n) is 3.38. The van der Waals surface area contributed by atoms with Crippen LogP contribution < -0.4 is 0 Å². The van der Waals surface area contributed by atoms with Crippen molar-refractivity contribution in [3.05, 3.63) is 34.4 Å². The van der Waals surface area contributed by atoms with Gasteiger partial charge in [0, 0.05) is 10.9 Å². The average molecular weight is 285 g/mol. The van der Waals surface area contributed by atoms with Gasteiger partial charge in [0.25, 0.3) is 0 Å². The van der Waals surface area contributed by atoms with E-state index in [1.807, 2.05) is 6.92 Å². The molecule has 0 fully saturated rings. The number of nitrogens with zero attached hydrogens (tertiary/aromatic N) is 2. The largest absolute Gasteiger partial charge is 0.421 e. The van der Waals surface area contributed by atoms with Crippen molar-refractivity contribution in [2.24, 2.45) is 0 Å². The van der Waals surface area contributed by atoms with E-state index in [4.69, 9.17) is 4.42 Å². The Morgan fingerprint density at radius 3 is 2.94 bits per heavy atom. The fraction of sp³-hybridized carbons (Fsp3) is 0.273. The van der Waals surface area contributed by atoms with E-state index in [0.717, 1.165) is 17.3 Å². The Morgan fingerprint density at radius 2 is 2.19 bits per heavy atom. The highest BCUT2D eigenvalue weighted by atomic mass is 79.9. The van der Waals surface area contributed by atoms with Gasteiger partial charge in [0.1, 0.15) is 5.82 Å². The van der Waals surface area contributed by atoms with E-state index in [2.05, 4.69) is 26.1 Å². The lowest BCUT2D eigenvalue weighted by Crippen LogP contribution is -1.82. The zero-order valence-corrected chi connectivity index (χ0v) is 10.3. The van der Waals surface area contributed by atoms with Crippen molar-refractivity contribution in [2.45, 2.75) is 19.8 Å². The maximum absolute atomic E-state index is 13.1.